The van der Waals surface area contributed by atoms with Crippen molar-refractivity contribution in [3.05, 3.63) is 75.7 Å². The lowest BCUT2D eigenvalue weighted by atomic mass is 10.2. The Hall–Kier alpha value is -3.12. The van der Waals surface area contributed by atoms with Gasteiger partial charge in [-0.1, -0.05) is 23.7 Å². The lowest BCUT2D eigenvalue weighted by Crippen LogP contribution is -2.29. The number of aryl methyl sites for hydroxylation is 1. The van der Waals surface area contributed by atoms with Crippen molar-refractivity contribution in [2.45, 2.75) is 20.4 Å². The highest BCUT2D eigenvalue weighted by Gasteiger charge is 2.14. The molecule has 28 heavy (non-hydrogen) atoms. The number of ether oxygens (including phenoxy) is 1. The van der Waals surface area contributed by atoms with E-state index in [9.17, 15) is 9.59 Å². The predicted octanol–water partition coefficient (Wildman–Crippen LogP) is 3.91. The Bertz CT molecular complexity index is 1050. The van der Waals surface area contributed by atoms with Crippen LogP contribution >= 0.6 is 11.6 Å². The molecule has 0 unspecified atom stereocenters. The molecule has 2 aromatic carbocycles. The SMILES string of the molecule is CCOc1ccccc1NC(=O)Cn1c(-c2ccc(Cl)cc2)nc(C)cc1=O. The van der Waals surface area contributed by atoms with E-state index in [-0.39, 0.29) is 18.0 Å². The lowest BCUT2D eigenvalue weighted by molar-refractivity contribution is -0.116. The Morgan fingerprint density at radius 3 is 2.61 bits per heavy atom. The van der Waals surface area contributed by atoms with Gasteiger partial charge in [0.1, 0.15) is 18.1 Å². The topological polar surface area (TPSA) is 73.2 Å². The summed E-state index contributed by atoms with van der Waals surface area (Å²) in [4.78, 5) is 29.6. The summed E-state index contributed by atoms with van der Waals surface area (Å²) in [5, 5.41) is 3.38. The third-order valence-corrected chi connectivity index (χ3v) is 4.25. The maximum absolute atomic E-state index is 12.6. The largest absolute Gasteiger partial charge is 0.492 e. The van der Waals surface area contributed by atoms with Crippen LogP contribution in [0.1, 0.15) is 12.6 Å². The fourth-order valence-corrected chi connectivity index (χ4v) is 2.90. The smallest absolute Gasteiger partial charge is 0.254 e. The highest BCUT2D eigenvalue weighted by molar-refractivity contribution is 6.30. The quantitative estimate of drug-likeness (QED) is 0.684. The molecule has 144 valence electrons. The first-order valence-electron chi connectivity index (χ1n) is 8.84. The number of amides is 1. The molecule has 6 nitrogen and oxygen atoms in total. The molecule has 0 aliphatic carbocycles. The molecule has 0 spiro atoms. The summed E-state index contributed by atoms with van der Waals surface area (Å²) in [5.74, 6) is 0.635. The van der Waals surface area contributed by atoms with Crippen molar-refractivity contribution < 1.29 is 9.53 Å². The number of benzene rings is 2. The molecule has 0 atom stereocenters. The van der Waals surface area contributed by atoms with E-state index in [4.69, 9.17) is 16.3 Å². The summed E-state index contributed by atoms with van der Waals surface area (Å²) in [6.07, 6.45) is 0. The molecule has 0 radical (unpaired) electrons. The Morgan fingerprint density at radius 2 is 1.89 bits per heavy atom. The molecule has 1 heterocycles. The van der Waals surface area contributed by atoms with Gasteiger partial charge in [-0.3, -0.25) is 14.2 Å². The molecule has 1 aromatic heterocycles. The van der Waals surface area contributed by atoms with Crippen molar-refractivity contribution in [2.24, 2.45) is 0 Å². The van der Waals surface area contributed by atoms with Crippen LogP contribution < -0.4 is 15.6 Å². The van der Waals surface area contributed by atoms with Crippen LogP contribution in [0, 0.1) is 6.92 Å². The van der Waals surface area contributed by atoms with Gasteiger partial charge in [0.25, 0.3) is 5.56 Å². The van der Waals surface area contributed by atoms with Crippen molar-refractivity contribution in [2.75, 3.05) is 11.9 Å². The zero-order valence-electron chi connectivity index (χ0n) is 15.6. The predicted molar refractivity (Wildman–Crippen MR) is 110 cm³/mol. The number of anilines is 1. The first kappa shape index (κ1) is 19.6. The molecule has 3 rings (SSSR count). The second kappa shape index (κ2) is 8.71. The fourth-order valence-electron chi connectivity index (χ4n) is 2.78. The van der Waals surface area contributed by atoms with Gasteiger partial charge >= 0.3 is 0 Å². The molecule has 1 N–H and O–H groups in total. The standard InChI is InChI=1S/C21H20ClN3O3/c1-3-28-18-7-5-4-6-17(18)24-19(26)13-25-20(27)12-14(2)23-21(25)15-8-10-16(22)11-9-15/h4-12H,3,13H2,1-2H3,(H,24,26). The third-order valence-electron chi connectivity index (χ3n) is 4.00. The number of nitrogens with zero attached hydrogens (tertiary/aromatic N) is 2. The Morgan fingerprint density at radius 1 is 1.18 bits per heavy atom. The lowest BCUT2D eigenvalue weighted by Gasteiger charge is -2.14. The first-order chi connectivity index (χ1) is 13.5. The van der Waals surface area contributed by atoms with Gasteiger partial charge in [0.15, 0.2) is 0 Å². The number of hydrogen-bond donors (Lipinski definition) is 1. The average Bonchev–Trinajstić information content (AvgIpc) is 2.66. The van der Waals surface area contributed by atoms with Gasteiger partial charge in [-0.05, 0) is 50.2 Å². The van der Waals surface area contributed by atoms with Crippen LogP contribution in [0.25, 0.3) is 11.4 Å². The van der Waals surface area contributed by atoms with Crippen LogP contribution in [0.2, 0.25) is 5.02 Å². The molecular formula is C21H20ClN3O3. The number of nitrogens with one attached hydrogen (secondary N) is 1. The van der Waals surface area contributed by atoms with Crippen LogP contribution in [0.3, 0.4) is 0 Å². The summed E-state index contributed by atoms with van der Waals surface area (Å²) in [5.41, 5.74) is 1.53. The van der Waals surface area contributed by atoms with Crippen LogP contribution in [0.15, 0.2) is 59.4 Å². The van der Waals surface area contributed by atoms with E-state index in [1.165, 1.54) is 10.6 Å². The molecule has 0 aliphatic rings. The van der Waals surface area contributed by atoms with Crippen LogP contribution in [-0.2, 0) is 11.3 Å². The van der Waals surface area contributed by atoms with E-state index in [1.807, 2.05) is 13.0 Å². The van der Waals surface area contributed by atoms with Crippen molar-refractivity contribution in [1.29, 1.82) is 0 Å². The van der Waals surface area contributed by atoms with Gasteiger partial charge in [-0.2, -0.15) is 0 Å². The molecule has 0 saturated heterocycles. The van der Waals surface area contributed by atoms with Gasteiger partial charge in [0, 0.05) is 22.3 Å². The fraction of sp³-hybridized carbons (Fsp3) is 0.190. The van der Waals surface area contributed by atoms with Crippen molar-refractivity contribution in [3.8, 4) is 17.1 Å². The zero-order valence-corrected chi connectivity index (χ0v) is 16.4. The average molecular weight is 398 g/mol. The zero-order chi connectivity index (χ0) is 20.1. The summed E-state index contributed by atoms with van der Waals surface area (Å²) in [6.45, 7) is 3.91. The van der Waals surface area contributed by atoms with Crippen LogP contribution in [0.4, 0.5) is 5.69 Å². The van der Waals surface area contributed by atoms with E-state index >= 15 is 0 Å². The highest BCUT2D eigenvalue weighted by atomic mass is 35.5. The maximum Gasteiger partial charge on any atom is 0.254 e. The van der Waals surface area contributed by atoms with E-state index in [1.54, 1.807) is 49.4 Å². The van der Waals surface area contributed by atoms with Crippen molar-refractivity contribution in [1.82, 2.24) is 9.55 Å². The van der Waals surface area contributed by atoms with Crippen LogP contribution in [0.5, 0.6) is 5.75 Å². The second-order valence-corrected chi connectivity index (χ2v) is 6.57. The van der Waals surface area contributed by atoms with Crippen LogP contribution in [-0.4, -0.2) is 22.1 Å². The number of rotatable bonds is 6. The maximum atomic E-state index is 12.6. The normalized spacial score (nSPS) is 10.5. The molecule has 0 bridgehead atoms. The van der Waals surface area contributed by atoms with Gasteiger partial charge < -0.3 is 10.1 Å². The Kier molecular flexibility index (Phi) is 6.11. The highest BCUT2D eigenvalue weighted by Crippen LogP contribution is 2.24. The Labute approximate surface area is 167 Å². The van der Waals surface area contributed by atoms with E-state index in [2.05, 4.69) is 10.3 Å². The van der Waals surface area contributed by atoms with Gasteiger partial charge in [0.05, 0.1) is 12.3 Å². The summed E-state index contributed by atoms with van der Waals surface area (Å²) < 4.78 is 6.87. The van der Waals surface area contributed by atoms with Crippen molar-refractivity contribution in [3.63, 3.8) is 0 Å². The number of aromatic nitrogens is 2. The monoisotopic (exact) mass is 397 g/mol. The van der Waals surface area contributed by atoms with Gasteiger partial charge in [0.2, 0.25) is 5.91 Å². The number of hydrogen-bond acceptors (Lipinski definition) is 4. The second-order valence-electron chi connectivity index (χ2n) is 6.13. The van der Waals surface area contributed by atoms with Gasteiger partial charge in [-0.15, -0.1) is 0 Å². The number of para-hydroxylation sites is 2. The number of halogens is 1. The van der Waals surface area contributed by atoms with Gasteiger partial charge in [-0.25, -0.2) is 4.98 Å². The summed E-state index contributed by atoms with van der Waals surface area (Å²) in [7, 11) is 0. The molecule has 0 fully saturated rings. The molecule has 3 aromatic rings. The summed E-state index contributed by atoms with van der Waals surface area (Å²) >= 11 is 5.95. The van der Waals surface area contributed by atoms with E-state index < -0.39 is 0 Å². The summed E-state index contributed by atoms with van der Waals surface area (Å²) in [6, 6.07) is 15.5. The number of carbonyl (C=O) groups excluding carboxylic acids is 1. The molecule has 0 saturated carbocycles. The minimum absolute atomic E-state index is 0.176. The van der Waals surface area contributed by atoms with E-state index in [0.717, 1.165) is 0 Å². The molecule has 7 heteroatoms. The molecular weight excluding hydrogens is 378 g/mol. The minimum atomic E-state index is -0.352. The van der Waals surface area contributed by atoms with Crippen molar-refractivity contribution >= 4 is 23.2 Å². The number of carbonyl (C=O) groups is 1. The molecule has 0 aliphatic heterocycles. The molecule has 1 amide bonds. The first-order valence-corrected chi connectivity index (χ1v) is 9.22. The van der Waals surface area contributed by atoms with E-state index in [0.29, 0.717) is 40.1 Å². The Balaban J connectivity index is 1.91. The third kappa shape index (κ3) is 4.58. The minimum Gasteiger partial charge on any atom is -0.492 e.